The summed E-state index contributed by atoms with van der Waals surface area (Å²) >= 11 is 0. The summed E-state index contributed by atoms with van der Waals surface area (Å²) in [6, 6.07) is 13.5. The molecule has 0 fully saturated rings. The Morgan fingerprint density at radius 2 is 2.00 bits per heavy atom. The van der Waals surface area contributed by atoms with Crippen molar-refractivity contribution in [3.63, 3.8) is 0 Å². The van der Waals surface area contributed by atoms with Crippen LogP contribution in [-0.2, 0) is 6.42 Å². The van der Waals surface area contributed by atoms with Crippen LogP contribution >= 0.6 is 0 Å². The van der Waals surface area contributed by atoms with Gasteiger partial charge in [0.2, 0.25) is 0 Å². The summed E-state index contributed by atoms with van der Waals surface area (Å²) in [7, 11) is 0. The maximum absolute atomic E-state index is 11.0. The summed E-state index contributed by atoms with van der Waals surface area (Å²) < 4.78 is 0. The van der Waals surface area contributed by atoms with E-state index in [2.05, 4.69) is 12.1 Å². The topological polar surface area (TPSA) is 69.2 Å². The van der Waals surface area contributed by atoms with Crippen molar-refractivity contribution in [1.82, 2.24) is 0 Å². The van der Waals surface area contributed by atoms with Crippen molar-refractivity contribution >= 4 is 11.4 Å². The van der Waals surface area contributed by atoms with Crippen molar-refractivity contribution in [3.05, 3.63) is 69.3 Å². The monoisotopic (exact) mass is 268 g/mol. The molecular weight excluding hydrogens is 252 g/mol. The lowest BCUT2D eigenvalue weighted by Crippen LogP contribution is -2.11. The number of fused-ring (bicyclic) bond motifs is 1. The Labute approximate surface area is 117 Å². The molecule has 0 aliphatic heterocycles. The number of rotatable bonds is 2. The van der Waals surface area contributed by atoms with Crippen LogP contribution in [0.1, 0.15) is 35.4 Å². The molecule has 0 amide bonds. The number of aryl methyl sites for hydroxylation is 1. The minimum Gasteiger partial charge on any atom is -0.393 e. The SMILES string of the molecule is Nc1ccc(C2CCCc3ccccc32)cc1[N+](=O)[O-]. The smallest absolute Gasteiger partial charge is 0.292 e. The Bertz CT molecular complexity index is 667. The number of hydrogen-bond donors (Lipinski definition) is 1. The maximum Gasteiger partial charge on any atom is 0.292 e. The lowest BCUT2D eigenvalue weighted by atomic mass is 9.79. The fourth-order valence-electron chi connectivity index (χ4n) is 3.04. The molecule has 102 valence electrons. The van der Waals surface area contributed by atoms with Gasteiger partial charge in [0.1, 0.15) is 5.69 Å². The molecule has 1 unspecified atom stereocenters. The molecule has 2 aromatic rings. The van der Waals surface area contributed by atoms with E-state index in [9.17, 15) is 10.1 Å². The van der Waals surface area contributed by atoms with Crippen LogP contribution in [0.2, 0.25) is 0 Å². The number of nitro benzene ring substituents is 1. The predicted molar refractivity (Wildman–Crippen MR) is 78.7 cm³/mol. The highest BCUT2D eigenvalue weighted by Gasteiger charge is 2.23. The van der Waals surface area contributed by atoms with Gasteiger partial charge in [0.05, 0.1) is 4.92 Å². The Balaban J connectivity index is 2.07. The summed E-state index contributed by atoms with van der Waals surface area (Å²) in [6.45, 7) is 0. The van der Waals surface area contributed by atoms with Gasteiger partial charge in [-0.25, -0.2) is 0 Å². The molecule has 0 heterocycles. The number of hydrogen-bond acceptors (Lipinski definition) is 3. The van der Waals surface area contributed by atoms with Crippen molar-refractivity contribution in [3.8, 4) is 0 Å². The van der Waals surface area contributed by atoms with Crippen LogP contribution in [0.5, 0.6) is 0 Å². The third kappa shape index (κ3) is 2.13. The molecule has 0 radical (unpaired) electrons. The highest BCUT2D eigenvalue weighted by molar-refractivity contribution is 5.60. The van der Waals surface area contributed by atoms with E-state index in [0.29, 0.717) is 0 Å². The Morgan fingerprint density at radius 1 is 1.20 bits per heavy atom. The number of anilines is 1. The van der Waals surface area contributed by atoms with Gasteiger partial charge >= 0.3 is 0 Å². The van der Waals surface area contributed by atoms with Gasteiger partial charge in [-0.1, -0.05) is 30.3 Å². The van der Waals surface area contributed by atoms with Gasteiger partial charge in [0.25, 0.3) is 5.69 Å². The average molecular weight is 268 g/mol. The molecular formula is C16H16N2O2. The standard InChI is InChI=1S/C16H16N2O2/c17-15-9-8-12(10-16(15)18(19)20)14-7-3-5-11-4-1-2-6-13(11)14/h1-2,4,6,8-10,14H,3,5,7,17H2. The Hall–Kier alpha value is -2.36. The van der Waals surface area contributed by atoms with Crippen LogP contribution in [0.25, 0.3) is 0 Å². The zero-order chi connectivity index (χ0) is 14.1. The van der Waals surface area contributed by atoms with Crippen LogP contribution in [0.3, 0.4) is 0 Å². The van der Waals surface area contributed by atoms with Crippen molar-refractivity contribution in [1.29, 1.82) is 0 Å². The van der Waals surface area contributed by atoms with Crippen LogP contribution in [0.4, 0.5) is 11.4 Å². The first-order valence-electron chi connectivity index (χ1n) is 6.78. The number of nitrogen functional groups attached to an aromatic ring is 1. The normalized spacial score (nSPS) is 17.5. The molecule has 0 spiro atoms. The number of benzene rings is 2. The van der Waals surface area contributed by atoms with Crippen molar-refractivity contribution < 1.29 is 4.92 Å². The second-order valence-corrected chi connectivity index (χ2v) is 5.22. The Morgan fingerprint density at radius 3 is 2.80 bits per heavy atom. The molecule has 0 saturated carbocycles. The highest BCUT2D eigenvalue weighted by Crippen LogP contribution is 2.38. The predicted octanol–water partition coefficient (Wildman–Crippen LogP) is 3.65. The summed E-state index contributed by atoms with van der Waals surface area (Å²) in [4.78, 5) is 10.6. The van der Waals surface area contributed by atoms with Gasteiger partial charge in [-0.15, -0.1) is 0 Å². The minimum absolute atomic E-state index is 0.00514. The Kier molecular flexibility index (Phi) is 3.14. The average Bonchev–Trinajstić information content (AvgIpc) is 2.47. The molecule has 1 aliphatic carbocycles. The van der Waals surface area contributed by atoms with E-state index in [0.717, 1.165) is 24.8 Å². The second-order valence-electron chi connectivity index (χ2n) is 5.22. The van der Waals surface area contributed by atoms with Crippen LogP contribution < -0.4 is 5.73 Å². The van der Waals surface area contributed by atoms with E-state index in [1.807, 2.05) is 18.2 Å². The van der Waals surface area contributed by atoms with E-state index in [1.165, 1.54) is 11.1 Å². The fourth-order valence-corrected chi connectivity index (χ4v) is 3.04. The van der Waals surface area contributed by atoms with Gasteiger partial charge < -0.3 is 5.73 Å². The molecule has 0 bridgehead atoms. The molecule has 1 aliphatic rings. The minimum atomic E-state index is -0.409. The van der Waals surface area contributed by atoms with E-state index >= 15 is 0 Å². The highest BCUT2D eigenvalue weighted by atomic mass is 16.6. The van der Waals surface area contributed by atoms with E-state index < -0.39 is 4.92 Å². The zero-order valence-electron chi connectivity index (χ0n) is 11.1. The van der Waals surface area contributed by atoms with E-state index in [1.54, 1.807) is 12.1 Å². The first-order valence-corrected chi connectivity index (χ1v) is 6.78. The lowest BCUT2D eigenvalue weighted by molar-refractivity contribution is -0.384. The van der Waals surface area contributed by atoms with Gasteiger partial charge in [-0.3, -0.25) is 10.1 Å². The number of nitrogens with two attached hydrogens (primary N) is 1. The van der Waals surface area contributed by atoms with Crippen molar-refractivity contribution in [2.45, 2.75) is 25.2 Å². The molecule has 2 aromatic carbocycles. The second kappa shape index (κ2) is 4.96. The van der Waals surface area contributed by atoms with E-state index in [4.69, 9.17) is 5.73 Å². The molecule has 0 saturated heterocycles. The third-order valence-corrected chi connectivity index (χ3v) is 4.02. The van der Waals surface area contributed by atoms with Crippen LogP contribution in [-0.4, -0.2) is 4.92 Å². The molecule has 3 rings (SSSR count). The molecule has 0 aromatic heterocycles. The largest absolute Gasteiger partial charge is 0.393 e. The molecule has 4 nitrogen and oxygen atoms in total. The van der Waals surface area contributed by atoms with Crippen molar-refractivity contribution in [2.24, 2.45) is 0 Å². The van der Waals surface area contributed by atoms with Crippen LogP contribution in [0, 0.1) is 10.1 Å². The lowest BCUT2D eigenvalue weighted by Gasteiger charge is -2.25. The van der Waals surface area contributed by atoms with Crippen molar-refractivity contribution in [2.75, 3.05) is 5.73 Å². The van der Waals surface area contributed by atoms with Gasteiger partial charge in [0, 0.05) is 12.0 Å². The number of nitrogens with zero attached hydrogens (tertiary/aromatic N) is 1. The fraction of sp³-hybridized carbons (Fsp3) is 0.250. The van der Waals surface area contributed by atoms with Gasteiger partial charge in [-0.05, 0) is 42.0 Å². The first kappa shape index (κ1) is 12.7. The number of nitro groups is 1. The van der Waals surface area contributed by atoms with Gasteiger partial charge in [0.15, 0.2) is 0 Å². The molecule has 2 N–H and O–H groups in total. The quantitative estimate of drug-likeness (QED) is 0.513. The molecule has 20 heavy (non-hydrogen) atoms. The summed E-state index contributed by atoms with van der Waals surface area (Å²) in [5.74, 6) is 0.235. The van der Waals surface area contributed by atoms with Crippen LogP contribution in [0.15, 0.2) is 42.5 Å². The third-order valence-electron chi connectivity index (χ3n) is 4.02. The first-order chi connectivity index (χ1) is 9.66. The van der Waals surface area contributed by atoms with E-state index in [-0.39, 0.29) is 17.3 Å². The maximum atomic E-state index is 11.0. The summed E-state index contributed by atoms with van der Waals surface area (Å²) in [5.41, 5.74) is 9.53. The molecule has 4 heteroatoms. The summed E-state index contributed by atoms with van der Waals surface area (Å²) in [5, 5.41) is 11.0. The molecule has 1 atom stereocenters. The zero-order valence-corrected chi connectivity index (χ0v) is 11.1. The summed E-state index contributed by atoms with van der Waals surface area (Å²) in [6.07, 6.45) is 3.22. The van der Waals surface area contributed by atoms with Gasteiger partial charge in [-0.2, -0.15) is 0 Å².